The van der Waals surface area contributed by atoms with Crippen LogP contribution in [0.2, 0.25) is 0 Å². The van der Waals surface area contributed by atoms with Gasteiger partial charge in [-0.1, -0.05) is 30.3 Å². The number of nitrogens with one attached hydrogen (secondary N) is 1. The van der Waals surface area contributed by atoms with Crippen molar-refractivity contribution in [1.29, 1.82) is 0 Å². The summed E-state index contributed by atoms with van der Waals surface area (Å²) in [4.78, 5) is 27.0. The van der Waals surface area contributed by atoms with Gasteiger partial charge in [0.2, 0.25) is 5.91 Å². The molecule has 2 aromatic carbocycles. The lowest BCUT2D eigenvalue weighted by atomic mass is 10.2. The molecule has 1 aromatic heterocycles. The minimum absolute atomic E-state index is 0.168. The van der Waals surface area contributed by atoms with Crippen LogP contribution in [0.25, 0.3) is 17.0 Å². The summed E-state index contributed by atoms with van der Waals surface area (Å²) in [5.74, 6) is 0.560. The smallest absolute Gasteiger partial charge is 0.255 e. The number of aromatic nitrogens is 1. The highest BCUT2D eigenvalue weighted by Crippen LogP contribution is 2.22. The van der Waals surface area contributed by atoms with E-state index in [2.05, 4.69) is 10.3 Å². The molecular weight excluding hydrogens is 382 g/mol. The number of hydrogen-bond donors (Lipinski definition) is 2. The third kappa shape index (κ3) is 6.34. The van der Waals surface area contributed by atoms with E-state index in [0.717, 1.165) is 22.2 Å². The van der Waals surface area contributed by atoms with Crippen LogP contribution in [0, 0.1) is 0 Å². The Morgan fingerprint density at radius 3 is 2.63 bits per heavy atom. The molecule has 7 heteroatoms. The van der Waals surface area contributed by atoms with Crippen molar-refractivity contribution >= 4 is 28.8 Å². The maximum absolute atomic E-state index is 11.9. The Kier molecular flexibility index (Phi) is 7.38. The van der Waals surface area contributed by atoms with Gasteiger partial charge in [-0.05, 0) is 42.3 Å². The maximum Gasteiger partial charge on any atom is 0.255 e. The van der Waals surface area contributed by atoms with Crippen molar-refractivity contribution in [3.8, 4) is 11.5 Å². The third-order valence-corrected chi connectivity index (χ3v) is 4.16. The normalized spacial score (nSPS) is 10.8. The SMILES string of the molecule is NC(=O)COc1ccc(/C=C/C(=O)NCCCOc2cccc3cccnc23)cc1. The number of carbonyl (C=O) groups excluding carboxylic acids is 2. The van der Waals surface area contributed by atoms with E-state index in [1.165, 1.54) is 6.08 Å². The molecule has 154 valence electrons. The summed E-state index contributed by atoms with van der Waals surface area (Å²) in [6.45, 7) is 0.812. The Morgan fingerprint density at radius 2 is 1.83 bits per heavy atom. The Hall–Kier alpha value is -3.87. The number of carbonyl (C=O) groups is 2. The molecule has 7 nitrogen and oxygen atoms in total. The standard InChI is InChI=1S/C23H23N3O4/c24-21(27)16-30-19-10-7-17(8-11-19)9-12-22(28)25-14-3-15-29-20-6-1-4-18-5-2-13-26-23(18)20/h1-2,4-13H,3,14-16H2,(H2,24,27)(H,25,28)/b12-9+. The molecule has 0 spiro atoms. The van der Waals surface area contributed by atoms with Crippen molar-refractivity contribution in [2.45, 2.75) is 6.42 Å². The quantitative estimate of drug-likeness (QED) is 0.399. The first-order chi connectivity index (χ1) is 14.6. The number of ether oxygens (including phenoxy) is 2. The largest absolute Gasteiger partial charge is 0.491 e. The number of nitrogens with zero attached hydrogens (tertiary/aromatic N) is 1. The van der Waals surface area contributed by atoms with Crippen molar-refractivity contribution in [2.75, 3.05) is 19.8 Å². The van der Waals surface area contributed by atoms with Gasteiger partial charge in [-0.2, -0.15) is 0 Å². The molecule has 2 amide bonds. The average molecular weight is 405 g/mol. The van der Waals surface area contributed by atoms with Crippen LogP contribution < -0.4 is 20.5 Å². The van der Waals surface area contributed by atoms with E-state index in [1.54, 1.807) is 36.5 Å². The van der Waals surface area contributed by atoms with Gasteiger partial charge in [-0.15, -0.1) is 0 Å². The zero-order valence-electron chi connectivity index (χ0n) is 16.4. The maximum atomic E-state index is 11.9. The van der Waals surface area contributed by atoms with E-state index in [4.69, 9.17) is 15.2 Å². The summed E-state index contributed by atoms with van der Waals surface area (Å²) in [6.07, 6.45) is 5.58. The molecule has 0 aliphatic heterocycles. The molecule has 0 radical (unpaired) electrons. The van der Waals surface area contributed by atoms with Gasteiger partial charge in [0.25, 0.3) is 5.91 Å². The summed E-state index contributed by atoms with van der Waals surface area (Å²) in [7, 11) is 0. The van der Waals surface area contributed by atoms with E-state index in [1.807, 2.05) is 30.3 Å². The van der Waals surface area contributed by atoms with Gasteiger partial charge in [-0.3, -0.25) is 14.6 Å². The minimum Gasteiger partial charge on any atom is -0.491 e. The highest BCUT2D eigenvalue weighted by atomic mass is 16.5. The van der Waals surface area contributed by atoms with Gasteiger partial charge in [0.1, 0.15) is 17.0 Å². The number of benzene rings is 2. The molecule has 0 aliphatic carbocycles. The summed E-state index contributed by atoms with van der Waals surface area (Å²) >= 11 is 0. The van der Waals surface area contributed by atoms with Crippen LogP contribution in [0.4, 0.5) is 0 Å². The molecule has 0 atom stereocenters. The fourth-order valence-corrected chi connectivity index (χ4v) is 2.72. The second-order valence-electron chi connectivity index (χ2n) is 6.48. The lowest BCUT2D eigenvalue weighted by Crippen LogP contribution is -2.23. The van der Waals surface area contributed by atoms with Crippen LogP contribution in [-0.2, 0) is 9.59 Å². The van der Waals surface area contributed by atoms with Crippen LogP contribution in [-0.4, -0.2) is 36.6 Å². The molecule has 0 unspecified atom stereocenters. The molecule has 3 aromatic rings. The molecule has 0 aliphatic rings. The summed E-state index contributed by atoms with van der Waals surface area (Å²) in [5.41, 5.74) is 6.70. The first-order valence-corrected chi connectivity index (χ1v) is 9.55. The number of para-hydroxylation sites is 1. The van der Waals surface area contributed by atoms with E-state index >= 15 is 0 Å². The van der Waals surface area contributed by atoms with E-state index in [0.29, 0.717) is 25.3 Å². The molecule has 0 saturated heterocycles. The second kappa shape index (κ2) is 10.6. The van der Waals surface area contributed by atoms with Crippen LogP contribution in [0.15, 0.2) is 66.9 Å². The van der Waals surface area contributed by atoms with Gasteiger partial charge in [0.15, 0.2) is 6.61 Å². The summed E-state index contributed by atoms with van der Waals surface area (Å²) < 4.78 is 11.0. The third-order valence-electron chi connectivity index (χ3n) is 4.16. The van der Waals surface area contributed by atoms with Gasteiger partial charge >= 0.3 is 0 Å². The molecule has 1 heterocycles. The molecule has 0 saturated carbocycles. The van der Waals surface area contributed by atoms with Crippen molar-refractivity contribution in [2.24, 2.45) is 5.73 Å². The van der Waals surface area contributed by atoms with Crippen molar-refractivity contribution < 1.29 is 19.1 Å². The van der Waals surface area contributed by atoms with Gasteiger partial charge in [-0.25, -0.2) is 0 Å². The molecule has 0 fully saturated rings. The zero-order chi connectivity index (χ0) is 21.2. The molecule has 3 rings (SSSR count). The van der Waals surface area contributed by atoms with Crippen molar-refractivity contribution in [3.05, 3.63) is 72.4 Å². The second-order valence-corrected chi connectivity index (χ2v) is 6.48. The Labute approximate surface area is 174 Å². The fraction of sp³-hybridized carbons (Fsp3) is 0.174. The lowest BCUT2D eigenvalue weighted by Gasteiger charge is -2.08. The summed E-state index contributed by atoms with van der Waals surface area (Å²) in [5, 5.41) is 3.85. The monoisotopic (exact) mass is 405 g/mol. The van der Waals surface area contributed by atoms with Gasteiger partial charge < -0.3 is 20.5 Å². The van der Waals surface area contributed by atoms with E-state index in [9.17, 15) is 9.59 Å². The Balaban J connectivity index is 1.38. The number of amides is 2. The fourth-order valence-electron chi connectivity index (χ4n) is 2.72. The van der Waals surface area contributed by atoms with Gasteiger partial charge in [0, 0.05) is 24.2 Å². The zero-order valence-corrected chi connectivity index (χ0v) is 16.4. The van der Waals surface area contributed by atoms with Gasteiger partial charge in [0.05, 0.1) is 6.61 Å². The highest BCUT2D eigenvalue weighted by molar-refractivity contribution is 5.91. The molecule has 0 bridgehead atoms. The van der Waals surface area contributed by atoms with Crippen molar-refractivity contribution in [1.82, 2.24) is 10.3 Å². The number of pyridine rings is 1. The Morgan fingerprint density at radius 1 is 1.03 bits per heavy atom. The number of nitrogens with two attached hydrogens (primary N) is 1. The van der Waals surface area contributed by atoms with E-state index in [-0.39, 0.29) is 12.5 Å². The molecule has 3 N–H and O–H groups in total. The number of fused-ring (bicyclic) bond motifs is 1. The van der Waals surface area contributed by atoms with E-state index < -0.39 is 5.91 Å². The van der Waals surface area contributed by atoms with Crippen LogP contribution in [0.3, 0.4) is 0 Å². The first kappa shape index (κ1) is 20.9. The number of primary amides is 1. The van der Waals surface area contributed by atoms with Crippen LogP contribution in [0.5, 0.6) is 11.5 Å². The molecular formula is C23H23N3O4. The topological polar surface area (TPSA) is 104 Å². The number of rotatable bonds is 10. The Bertz CT molecular complexity index is 1030. The lowest BCUT2D eigenvalue weighted by molar-refractivity contribution is -0.120. The van der Waals surface area contributed by atoms with Crippen LogP contribution in [0.1, 0.15) is 12.0 Å². The van der Waals surface area contributed by atoms with Crippen LogP contribution >= 0.6 is 0 Å². The minimum atomic E-state index is -0.533. The number of hydrogen-bond acceptors (Lipinski definition) is 5. The predicted molar refractivity (Wildman–Crippen MR) is 115 cm³/mol. The predicted octanol–water partition coefficient (Wildman–Crippen LogP) is 2.70. The average Bonchev–Trinajstić information content (AvgIpc) is 2.77. The highest BCUT2D eigenvalue weighted by Gasteiger charge is 2.03. The van der Waals surface area contributed by atoms with Crippen molar-refractivity contribution in [3.63, 3.8) is 0 Å². The molecule has 30 heavy (non-hydrogen) atoms. The first-order valence-electron chi connectivity index (χ1n) is 9.55. The summed E-state index contributed by atoms with van der Waals surface area (Å²) in [6, 6.07) is 16.7.